The van der Waals surface area contributed by atoms with Crippen molar-refractivity contribution in [2.75, 3.05) is 6.61 Å². The number of carbonyl (C=O) groups is 2. The number of ketones is 1. The van der Waals surface area contributed by atoms with Gasteiger partial charge in [-0.2, -0.15) is 0 Å². The predicted octanol–water partition coefficient (Wildman–Crippen LogP) is 4.12. The lowest BCUT2D eigenvalue weighted by molar-refractivity contribution is 0.0525. The van der Waals surface area contributed by atoms with Gasteiger partial charge in [-0.05, 0) is 57.0 Å². The van der Waals surface area contributed by atoms with Crippen molar-refractivity contribution in [2.45, 2.75) is 36.8 Å². The van der Waals surface area contributed by atoms with E-state index in [1.807, 2.05) is 18.2 Å². The number of carbonyl (C=O) groups excluding carboxylic acids is 2. The van der Waals surface area contributed by atoms with E-state index in [0.717, 1.165) is 16.0 Å². The highest BCUT2D eigenvalue weighted by molar-refractivity contribution is 8.00. The quantitative estimate of drug-likeness (QED) is 0.592. The Morgan fingerprint density at radius 2 is 2.08 bits per heavy atom. The lowest BCUT2D eigenvalue weighted by Gasteiger charge is -2.29. The topological polar surface area (TPSA) is 56.3 Å². The zero-order valence-electron chi connectivity index (χ0n) is 15.0. The average Bonchev–Trinajstić information content (AvgIpc) is 2.60. The minimum absolute atomic E-state index is 0.0676. The molecule has 0 aliphatic carbocycles. The highest BCUT2D eigenvalue weighted by atomic mass is 32.2. The van der Waals surface area contributed by atoms with Crippen LogP contribution in [-0.4, -0.2) is 28.1 Å². The lowest BCUT2D eigenvalue weighted by Crippen LogP contribution is -2.25. The van der Waals surface area contributed by atoms with Crippen molar-refractivity contribution in [2.24, 2.45) is 0 Å². The Balaban J connectivity index is 1.80. The molecule has 1 aromatic carbocycles. The van der Waals surface area contributed by atoms with Gasteiger partial charge in [0.05, 0.1) is 12.2 Å². The minimum Gasteiger partial charge on any atom is -0.462 e. The number of Topliss-reactive ketones (excluding diaryl/α,β-unsaturated/α-hetero) is 1. The molecule has 1 aliphatic rings. The molecule has 132 valence electrons. The van der Waals surface area contributed by atoms with E-state index in [-0.39, 0.29) is 10.5 Å². The molecular weight excluding hydrogens is 346 g/mol. The highest BCUT2D eigenvalue weighted by Gasteiger charge is 2.31. The highest BCUT2D eigenvalue weighted by Crippen LogP contribution is 2.42. The van der Waals surface area contributed by atoms with Crippen LogP contribution in [0, 0.1) is 11.8 Å². The number of nitrogens with zero attached hydrogens (tertiary/aromatic N) is 1. The molecule has 0 fully saturated rings. The molecule has 0 radical (unpaired) electrons. The van der Waals surface area contributed by atoms with Gasteiger partial charge >= 0.3 is 5.97 Å². The maximum atomic E-state index is 12.4. The number of hydrogen-bond acceptors (Lipinski definition) is 5. The molecule has 5 heteroatoms. The van der Waals surface area contributed by atoms with Gasteiger partial charge in [-0.3, -0.25) is 4.79 Å². The summed E-state index contributed by atoms with van der Waals surface area (Å²) < 4.78 is 4.86. The van der Waals surface area contributed by atoms with Crippen molar-refractivity contribution in [1.82, 2.24) is 4.98 Å². The second kappa shape index (κ2) is 7.35. The summed E-state index contributed by atoms with van der Waals surface area (Å²) in [5.74, 6) is 5.76. The normalized spacial score (nSPS) is 14.8. The third-order valence-corrected chi connectivity index (χ3v) is 5.13. The summed E-state index contributed by atoms with van der Waals surface area (Å²) in [4.78, 5) is 29.2. The van der Waals surface area contributed by atoms with Crippen molar-refractivity contribution in [3.8, 4) is 11.8 Å². The van der Waals surface area contributed by atoms with Crippen LogP contribution in [0.2, 0.25) is 0 Å². The summed E-state index contributed by atoms with van der Waals surface area (Å²) in [7, 11) is 0. The third kappa shape index (κ3) is 4.14. The Labute approximate surface area is 157 Å². The SMILES string of the molecule is CCOC(=O)c1ccc(C#Cc2ccc3c(c2)C(=O)CC(C)(C)S3)nc1. The molecule has 0 saturated heterocycles. The molecule has 2 heterocycles. The number of pyridine rings is 1. The Morgan fingerprint density at radius 3 is 2.77 bits per heavy atom. The molecular formula is C21H19NO3S. The van der Waals surface area contributed by atoms with Gasteiger partial charge in [0, 0.05) is 33.4 Å². The fourth-order valence-electron chi connectivity index (χ4n) is 2.67. The molecule has 0 bridgehead atoms. The average molecular weight is 365 g/mol. The number of hydrogen-bond donors (Lipinski definition) is 0. The third-order valence-electron chi connectivity index (χ3n) is 3.86. The van der Waals surface area contributed by atoms with E-state index in [1.54, 1.807) is 30.8 Å². The first-order chi connectivity index (χ1) is 12.4. The first kappa shape index (κ1) is 18.2. The van der Waals surface area contributed by atoms with Crippen LogP contribution in [0.3, 0.4) is 0 Å². The molecule has 0 N–H and O–H groups in total. The number of aromatic nitrogens is 1. The van der Waals surface area contributed by atoms with Crippen molar-refractivity contribution >= 4 is 23.5 Å². The van der Waals surface area contributed by atoms with E-state index < -0.39 is 5.97 Å². The van der Waals surface area contributed by atoms with Gasteiger partial charge in [-0.1, -0.05) is 5.92 Å². The largest absolute Gasteiger partial charge is 0.462 e. The van der Waals surface area contributed by atoms with Crippen LogP contribution in [0.1, 0.15) is 59.2 Å². The zero-order chi connectivity index (χ0) is 18.7. The van der Waals surface area contributed by atoms with Gasteiger partial charge in [0.2, 0.25) is 0 Å². The standard InChI is InChI=1S/C21H19NO3S/c1-4-25-20(24)15-7-9-16(22-13-15)8-5-14-6-10-19-17(11-14)18(23)12-21(2,3)26-19/h6-7,9-11,13H,4,12H2,1-3H3. The Morgan fingerprint density at radius 1 is 1.27 bits per heavy atom. The fourth-order valence-corrected chi connectivity index (χ4v) is 3.89. The summed E-state index contributed by atoms with van der Waals surface area (Å²) >= 11 is 1.72. The first-order valence-electron chi connectivity index (χ1n) is 8.39. The minimum atomic E-state index is -0.395. The molecule has 2 aromatic rings. The van der Waals surface area contributed by atoms with Crippen LogP contribution in [0.15, 0.2) is 41.4 Å². The van der Waals surface area contributed by atoms with Gasteiger partial charge in [0.1, 0.15) is 5.69 Å². The summed E-state index contributed by atoms with van der Waals surface area (Å²) in [5.41, 5.74) is 2.47. The number of benzene rings is 1. The van der Waals surface area contributed by atoms with Crippen molar-refractivity contribution in [1.29, 1.82) is 0 Å². The van der Waals surface area contributed by atoms with Crippen LogP contribution < -0.4 is 0 Å². The molecule has 0 saturated carbocycles. The van der Waals surface area contributed by atoms with Gasteiger partial charge in [0.15, 0.2) is 5.78 Å². The van der Waals surface area contributed by atoms with E-state index in [2.05, 4.69) is 30.7 Å². The molecule has 0 atom stereocenters. The van der Waals surface area contributed by atoms with E-state index in [4.69, 9.17) is 4.74 Å². The molecule has 1 aromatic heterocycles. The number of esters is 1. The number of ether oxygens (including phenoxy) is 1. The monoisotopic (exact) mass is 365 g/mol. The van der Waals surface area contributed by atoms with Crippen LogP contribution >= 0.6 is 11.8 Å². The van der Waals surface area contributed by atoms with E-state index >= 15 is 0 Å². The molecule has 1 aliphatic heterocycles. The second-order valence-electron chi connectivity index (χ2n) is 6.58. The maximum Gasteiger partial charge on any atom is 0.339 e. The Kier molecular flexibility index (Phi) is 5.15. The summed E-state index contributed by atoms with van der Waals surface area (Å²) in [6.07, 6.45) is 1.98. The van der Waals surface area contributed by atoms with Gasteiger partial charge < -0.3 is 4.74 Å². The first-order valence-corrected chi connectivity index (χ1v) is 9.21. The summed E-state index contributed by atoms with van der Waals surface area (Å²) in [5, 5.41) is 0. The van der Waals surface area contributed by atoms with Crippen LogP contribution in [-0.2, 0) is 4.74 Å². The maximum absolute atomic E-state index is 12.4. The second-order valence-corrected chi connectivity index (χ2v) is 8.32. The van der Waals surface area contributed by atoms with Crippen LogP contribution in [0.5, 0.6) is 0 Å². The summed E-state index contributed by atoms with van der Waals surface area (Å²) in [6.45, 7) is 6.25. The number of thioether (sulfide) groups is 1. The van der Waals surface area contributed by atoms with Gasteiger partial charge in [0.25, 0.3) is 0 Å². The molecule has 3 rings (SSSR count). The molecule has 0 amide bonds. The van der Waals surface area contributed by atoms with Gasteiger partial charge in [-0.25, -0.2) is 9.78 Å². The Bertz CT molecular complexity index is 921. The van der Waals surface area contributed by atoms with Gasteiger partial charge in [-0.15, -0.1) is 11.8 Å². The summed E-state index contributed by atoms with van der Waals surface area (Å²) in [6, 6.07) is 9.05. The molecule has 0 unspecified atom stereocenters. The fraction of sp³-hybridized carbons (Fsp3) is 0.286. The number of rotatable bonds is 2. The number of fused-ring (bicyclic) bond motifs is 1. The van der Waals surface area contributed by atoms with E-state index in [1.165, 1.54) is 6.20 Å². The molecule has 4 nitrogen and oxygen atoms in total. The van der Waals surface area contributed by atoms with Crippen molar-refractivity contribution < 1.29 is 14.3 Å². The van der Waals surface area contributed by atoms with E-state index in [0.29, 0.717) is 24.3 Å². The molecule has 0 spiro atoms. The van der Waals surface area contributed by atoms with E-state index in [9.17, 15) is 9.59 Å². The predicted molar refractivity (Wildman–Crippen MR) is 101 cm³/mol. The smallest absolute Gasteiger partial charge is 0.339 e. The van der Waals surface area contributed by atoms with Crippen molar-refractivity contribution in [3.05, 3.63) is 58.9 Å². The van der Waals surface area contributed by atoms with Crippen LogP contribution in [0.25, 0.3) is 0 Å². The molecule has 26 heavy (non-hydrogen) atoms. The van der Waals surface area contributed by atoms with Crippen LogP contribution in [0.4, 0.5) is 0 Å². The lowest BCUT2D eigenvalue weighted by atomic mass is 9.98. The van der Waals surface area contributed by atoms with Crippen molar-refractivity contribution in [3.63, 3.8) is 0 Å². The Hall–Kier alpha value is -2.58. The zero-order valence-corrected chi connectivity index (χ0v) is 15.8.